The monoisotopic (exact) mass is 180 g/mol. The molecule has 0 saturated carbocycles. The molecule has 2 nitrogen and oxygen atoms in total. The summed E-state index contributed by atoms with van der Waals surface area (Å²) in [5.74, 6) is 0.0639. The molecule has 0 N–H and O–H groups in total. The Kier molecular flexibility index (Phi) is 3.01. The molecule has 1 atom stereocenters. The van der Waals surface area contributed by atoms with Crippen molar-refractivity contribution in [3.63, 3.8) is 0 Å². The van der Waals surface area contributed by atoms with E-state index in [1.54, 1.807) is 0 Å². The molecule has 0 bridgehead atoms. The van der Waals surface area contributed by atoms with Gasteiger partial charge in [-0.1, -0.05) is 13.8 Å². The topological polar surface area (TPSA) is 18.5 Å². The second-order valence-electron chi connectivity index (χ2n) is 3.40. The highest BCUT2D eigenvalue weighted by Gasteiger charge is 2.41. The van der Waals surface area contributed by atoms with Crippen molar-refractivity contribution < 1.29 is 18.3 Å². The second kappa shape index (κ2) is 3.66. The first-order chi connectivity index (χ1) is 5.57. The van der Waals surface area contributed by atoms with E-state index in [9.17, 15) is 8.78 Å². The third-order valence-electron chi connectivity index (χ3n) is 2.39. The molecule has 0 amide bonds. The van der Waals surface area contributed by atoms with Crippen LogP contribution < -0.4 is 0 Å². The lowest BCUT2D eigenvalue weighted by Crippen LogP contribution is -2.40. The lowest BCUT2D eigenvalue weighted by Gasteiger charge is -2.31. The zero-order chi connectivity index (χ0) is 9.19. The minimum Gasteiger partial charge on any atom is -0.378 e. The summed E-state index contributed by atoms with van der Waals surface area (Å²) in [5, 5.41) is 0. The molecule has 1 aliphatic heterocycles. The molecule has 1 heterocycles. The van der Waals surface area contributed by atoms with Crippen LogP contribution in [0.1, 0.15) is 20.3 Å². The van der Waals surface area contributed by atoms with Crippen molar-refractivity contribution in [2.24, 2.45) is 5.92 Å². The van der Waals surface area contributed by atoms with Crippen molar-refractivity contribution in [1.82, 2.24) is 0 Å². The van der Waals surface area contributed by atoms with Crippen LogP contribution in [0.4, 0.5) is 8.78 Å². The van der Waals surface area contributed by atoms with Crippen LogP contribution in [-0.2, 0) is 9.47 Å². The van der Waals surface area contributed by atoms with Crippen LogP contribution in [0.2, 0.25) is 0 Å². The molecule has 1 rings (SSSR count). The van der Waals surface area contributed by atoms with Crippen LogP contribution in [0.3, 0.4) is 0 Å². The SMILES string of the molecule is CC(C)C1(OC(F)F)CCOC1. The number of ether oxygens (including phenoxy) is 2. The summed E-state index contributed by atoms with van der Waals surface area (Å²) < 4.78 is 33.7. The summed E-state index contributed by atoms with van der Waals surface area (Å²) in [5.41, 5.74) is -0.756. The second-order valence-corrected chi connectivity index (χ2v) is 3.40. The average molecular weight is 180 g/mol. The Bertz CT molecular complexity index is 142. The van der Waals surface area contributed by atoms with E-state index in [2.05, 4.69) is 4.74 Å². The molecule has 1 saturated heterocycles. The quantitative estimate of drug-likeness (QED) is 0.661. The van der Waals surface area contributed by atoms with Crippen molar-refractivity contribution in [2.45, 2.75) is 32.5 Å². The zero-order valence-corrected chi connectivity index (χ0v) is 7.35. The molecule has 0 aromatic heterocycles. The highest BCUT2D eigenvalue weighted by atomic mass is 19.3. The van der Waals surface area contributed by atoms with E-state index in [0.29, 0.717) is 13.0 Å². The van der Waals surface area contributed by atoms with Gasteiger partial charge in [0.05, 0.1) is 6.61 Å². The van der Waals surface area contributed by atoms with Gasteiger partial charge < -0.3 is 9.47 Å². The van der Waals surface area contributed by atoms with Crippen LogP contribution >= 0.6 is 0 Å². The van der Waals surface area contributed by atoms with Gasteiger partial charge in [-0.25, -0.2) is 0 Å². The maximum absolute atomic E-state index is 12.0. The van der Waals surface area contributed by atoms with E-state index < -0.39 is 12.2 Å². The fourth-order valence-corrected chi connectivity index (χ4v) is 1.42. The van der Waals surface area contributed by atoms with Crippen LogP contribution in [-0.4, -0.2) is 25.4 Å². The normalized spacial score (nSPS) is 30.5. The standard InChI is InChI=1S/C8H14F2O2/c1-6(2)8(12-7(9)10)3-4-11-5-8/h6-7H,3-5H2,1-2H3. The van der Waals surface area contributed by atoms with Crippen molar-refractivity contribution in [3.05, 3.63) is 0 Å². The van der Waals surface area contributed by atoms with Gasteiger partial charge in [0.15, 0.2) is 0 Å². The number of hydrogen-bond donors (Lipinski definition) is 0. The molecule has 72 valence electrons. The van der Waals surface area contributed by atoms with Gasteiger partial charge in [0.1, 0.15) is 5.60 Å². The third kappa shape index (κ3) is 1.93. The molecule has 0 aliphatic carbocycles. The minimum absolute atomic E-state index is 0.0639. The number of rotatable bonds is 3. The first-order valence-corrected chi connectivity index (χ1v) is 4.10. The summed E-state index contributed by atoms with van der Waals surface area (Å²) in [7, 11) is 0. The van der Waals surface area contributed by atoms with Crippen molar-refractivity contribution in [2.75, 3.05) is 13.2 Å². The fraction of sp³-hybridized carbons (Fsp3) is 1.00. The molecule has 0 aromatic carbocycles. The van der Waals surface area contributed by atoms with E-state index in [4.69, 9.17) is 4.74 Å². The summed E-state index contributed by atoms with van der Waals surface area (Å²) in [6.45, 7) is 1.85. The Morgan fingerprint density at radius 2 is 2.08 bits per heavy atom. The third-order valence-corrected chi connectivity index (χ3v) is 2.39. The predicted molar refractivity (Wildman–Crippen MR) is 40.1 cm³/mol. The Hall–Kier alpha value is -0.220. The molecule has 1 aliphatic rings. The van der Waals surface area contributed by atoms with E-state index in [1.165, 1.54) is 0 Å². The van der Waals surface area contributed by atoms with Crippen molar-refractivity contribution >= 4 is 0 Å². The maximum atomic E-state index is 12.0. The lowest BCUT2D eigenvalue weighted by molar-refractivity contribution is -0.222. The minimum atomic E-state index is -2.70. The van der Waals surface area contributed by atoms with Gasteiger partial charge in [0.25, 0.3) is 0 Å². The summed E-state index contributed by atoms with van der Waals surface area (Å²) in [6.07, 6.45) is 0.564. The van der Waals surface area contributed by atoms with E-state index >= 15 is 0 Å². The zero-order valence-electron chi connectivity index (χ0n) is 7.35. The van der Waals surface area contributed by atoms with Gasteiger partial charge in [-0.05, 0) is 5.92 Å². The fourth-order valence-electron chi connectivity index (χ4n) is 1.42. The van der Waals surface area contributed by atoms with Gasteiger partial charge in [0.2, 0.25) is 0 Å². The number of alkyl halides is 2. The van der Waals surface area contributed by atoms with Gasteiger partial charge in [-0.15, -0.1) is 0 Å². The summed E-state index contributed by atoms with van der Waals surface area (Å²) in [4.78, 5) is 0. The van der Waals surface area contributed by atoms with Crippen LogP contribution in [0.15, 0.2) is 0 Å². The average Bonchev–Trinajstić information content (AvgIpc) is 2.35. The maximum Gasteiger partial charge on any atom is 0.345 e. The molecule has 12 heavy (non-hydrogen) atoms. The number of halogens is 2. The Balaban J connectivity index is 2.59. The van der Waals surface area contributed by atoms with E-state index in [1.807, 2.05) is 13.8 Å². The number of hydrogen-bond acceptors (Lipinski definition) is 2. The van der Waals surface area contributed by atoms with Gasteiger partial charge in [0, 0.05) is 13.0 Å². The van der Waals surface area contributed by atoms with Gasteiger partial charge in [-0.2, -0.15) is 8.78 Å². The van der Waals surface area contributed by atoms with Crippen LogP contribution in [0.5, 0.6) is 0 Å². The van der Waals surface area contributed by atoms with Crippen LogP contribution in [0.25, 0.3) is 0 Å². The van der Waals surface area contributed by atoms with Gasteiger partial charge >= 0.3 is 6.61 Å². The predicted octanol–water partition coefficient (Wildman–Crippen LogP) is 2.04. The van der Waals surface area contributed by atoms with E-state index in [-0.39, 0.29) is 12.5 Å². The molecule has 1 unspecified atom stereocenters. The highest BCUT2D eigenvalue weighted by Crippen LogP contribution is 2.32. The molecular formula is C8H14F2O2. The molecular weight excluding hydrogens is 166 g/mol. The first-order valence-electron chi connectivity index (χ1n) is 4.10. The molecule has 0 spiro atoms. The molecule has 4 heteroatoms. The van der Waals surface area contributed by atoms with E-state index in [0.717, 1.165) is 0 Å². The Morgan fingerprint density at radius 1 is 1.42 bits per heavy atom. The van der Waals surface area contributed by atoms with Crippen molar-refractivity contribution in [1.29, 1.82) is 0 Å². The summed E-state index contributed by atoms with van der Waals surface area (Å²) in [6, 6.07) is 0. The largest absolute Gasteiger partial charge is 0.378 e. The Labute approximate surface area is 70.8 Å². The summed E-state index contributed by atoms with van der Waals surface area (Å²) >= 11 is 0. The Morgan fingerprint density at radius 3 is 2.42 bits per heavy atom. The van der Waals surface area contributed by atoms with Crippen molar-refractivity contribution in [3.8, 4) is 0 Å². The first kappa shape index (κ1) is 9.86. The van der Waals surface area contributed by atoms with Gasteiger partial charge in [-0.3, -0.25) is 0 Å². The highest BCUT2D eigenvalue weighted by molar-refractivity contribution is 4.87. The smallest absolute Gasteiger partial charge is 0.345 e. The molecule has 0 radical (unpaired) electrons. The molecule has 1 fully saturated rings. The van der Waals surface area contributed by atoms with Crippen LogP contribution in [0, 0.1) is 5.92 Å². The molecule has 0 aromatic rings. The lowest BCUT2D eigenvalue weighted by atomic mass is 9.89.